The molecule has 0 amide bonds. The van der Waals surface area contributed by atoms with Crippen LogP contribution in [0.4, 0.5) is 5.69 Å². The number of nitriles is 1. The van der Waals surface area contributed by atoms with E-state index in [4.69, 9.17) is 10.00 Å². The number of methoxy groups -OCH3 is 1. The largest absolute Gasteiger partial charge is 0.497 e. The molecule has 0 heterocycles. The SMILES string of the molecule is C=C/C(OC)=C(C)\C=C\N(C)C(=C)c1ccccc1/N=C(\C)C#N. The zero-order chi connectivity index (χ0) is 18.1. The van der Waals surface area contributed by atoms with Gasteiger partial charge in [-0.3, -0.25) is 0 Å². The normalized spacial score (nSPS) is 12.4. The van der Waals surface area contributed by atoms with E-state index < -0.39 is 0 Å². The third-order valence-corrected chi connectivity index (χ3v) is 3.43. The van der Waals surface area contributed by atoms with E-state index in [2.05, 4.69) is 18.2 Å². The fraction of sp³-hybridized carbons (Fsp3) is 0.200. The molecule has 0 bridgehead atoms. The minimum atomic E-state index is 0.406. The minimum absolute atomic E-state index is 0.406. The van der Waals surface area contributed by atoms with Crippen LogP contribution < -0.4 is 0 Å². The second kappa shape index (κ2) is 9.16. The van der Waals surface area contributed by atoms with Crippen LogP contribution >= 0.6 is 0 Å². The lowest BCUT2D eigenvalue weighted by Crippen LogP contribution is -2.08. The smallest absolute Gasteiger partial charge is 0.121 e. The molecule has 0 saturated carbocycles. The molecule has 0 aliphatic rings. The first-order valence-electron chi connectivity index (χ1n) is 7.46. The van der Waals surface area contributed by atoms with E-state index in [-0.39, 0.29) is 0 Å². The fourth-order valence-electron chi connectivity index (χ4n) is 2.01. The summed E-state index contributed by atoms with van der Waals surface area (Å²) in [6, 6.07) is 9.65. The Bertz CT molecular complexity index is 748. The lowest BCUT2D eigenvalue weighted by Gasteiger charge is -2.19. The average Bonchev–Trinajstić information content (AvgIpc) is 2.60. The summed E-state index contributed by atoms with van der Waals surface area (Å²) in [5, 5.41) is 8.93. The lowest BCUT2D eigenvalue weighted by atomic mass is 10.1. The molecule has 24 heavy (non-hydrogen) atoms. The van der Waals surface area contributed by atoms with E-state index in [0.717, 1.165) is 28.3 Å². The second-order valence-corrected chi connectivity index (χ2v) is 5.16. The first kappa shape index (κ1) is 19.0. The van der Waals surface area contributed by atoms with E-state index in [0.29, 0.717) is 5.71 Å². The maximum absolute atomic E-state index is 8.93. The standard InChI is InChI=1S/C20H23N3O/c1-7-20(24-6)15(2)12-13-23(5)17(4)18-10-8-9-11-19(18)22-16(3)14-21/h7-13H,1,4H2,2-3,5-6H3/b13-12+,20-15+,22-16+. The molecule has 0 unspecified atom stereocenters. The molecule has 0 atom stereocenters. The quantitative estimate of drug-likeness (QED) is 0.411. The van der Waals surface area contributed by atoms with Crippen LogP contribution in [0, 0.1) is 11.3 Å². The van der Waals surface area contributed by atoms with Crippen LogP contribution in [0.15, 0.2) is 72.1 Å². The molecular formula is C20H23N3O. The monoisotopic (exact) mass is 321 g/mol. The Morgan fingerprint density at radius 1 is 1.33 bits per heavy atom. The highest BCUT2D eigenvalue weighted by Gasteiger charge is 2.08. The summed E-state index contributed by atoms with van der Waals surface area (Å²) in [5.74, 6) is 0.722. The Kier molecular flexibility index (Phi) is 7.25. The van der Waals surface area contributed by atoms with Crippen molar-refractivity contribution in [1.29, 1.82) is 5.26 Å². The van der Waals surface area contributed by atoms with Gasteiger partial charge in [0, 0.05) is 24.5 Å². The molecule has 4 nitrogen and oxygen atoms in total. The third kappa shape index (κ3) is 4.99. The van der Waals surface area contributed by atoms with Crippen LogP contribution in [-0.2, 0) is 4.74 Å². The first-order chi connectivity index (χ1) is 11.4. The van der Waals surface area contributed by atoms with Gasteiger partial charge in [0.2, 0.25) is 0 Å². The molecular weight excluding hydrogens is 298 g/mol. The molecule has 0 radical (unpaired) electrons. The third-order valence-electron chi connectivity index (χ3n) is 3.43. The molecule has 0 saturated heterocycles. The Balaban J connectivity index is 3.10. The maximum Gasteiger partial charge on any atom is 0.121 e. The molecule has 1 aromatic rings. The van der Waals surface area contributed by atoms with Crippen molar-refractivity contribution in [2.75, 3.05) is 14.2 Å². The van der Waals surface area contributed by atoms with Gasteiger partial charge in [0.25, 0.3) is 0 Å². The van der Waals surface area contributed by atoms with Crippen LogP contribution in [0.25, 0.3) is 5.70 Å². The lowest BCUT2D eigenvalue weighted by molar-refractivity contribution is 0.303. The van der Waals surface area contributed by atoms with Gasteiger partial charge >= 0.3 is 0 Å². The maximum atomic E-state index is 8.93. The molecule has 0 aliphatic heterocycles. The summed E-state index contributed by atoms with van der Waals surface area (Å²) in [6.45, 7) is 11.5. The number of ether oxygens (including phenoxy) is 1. The molecule has 0 aliphatic carbocycles. The van der Waals surface area contributed by atoms with Gasteiger partial charge in [-0.05, 0) is 37.6 Å². The Morgan fingerprint density at radius 2 is 2.00 bits per heavy atom. The van der Waals surface area contributed by atoms with Gasteiger partial charge in [0.05, 0.1) is 12.8 Å². The van der Waals surface area contributed by atoms with Crippen molar-refractivity contribution >= 4 is 17.1 Å². The van der Waals surface area contributed by atoms with Crippen LogP contribution in [0.1, 0.15) is 19.4 Å². The number of hydrogen-bond donors (Lipinski definition) is 0. The fourth-order valence-corrected chi connectivity index (χ4v) is 2.01. The highest BCUT2D eigenvalue weighted by Crippen LogP contribution is 2.27. The molecule has 1 rings (SSSR count). The van der Waals surface area contributed by atoms with Gasteiger partial charge in [0.1, 0.15) is 17.5 Å². The molecule has 0 N–H and O–H groups in total. The van der Waals surface area contributed by atoms with E-state index in [1.54, 1.807) is 20.1 Å². The molecule has 0 aromatic heterocycles. The highest BCUT2D eigenvalue weighted by atomic mass is 16.5. The van der Waals surface area contributed by atoms with Gasteiger partial charge in [-0.1, -0.05) is 31.4 Å². The van der Waals surface area contributed by atoms with Gasteiger partial charge in [0.15, 0.2) is 0 Å². The van der Waals surface area contributed by atoms with Crippen molar-refractivity contribution in [2.24, 2.45) is 4.99 Å². The predicted octanol–water partition coefficient (Wildman–Crippen LogP) is 4.83. The van der Waals surface area contributed by atoms with E-state index in [1.165, 1.54) is 0 Å². The average molecular weight is 321 g/mol. The van der Waals surface area contributed by atoms with E-state index in [9.17, 15) is 0 Å². The Labute approximate surface area is 144 Å². The van der Waals surface area contributed by atoms with Crippen LogP contribution in [0.5, 0.6) is 0 Å². The Morgan fingerprint density at radius 3 is 2.58 bits per heavy atom. The molecule has 0 spiro atoms. The number of nitrogens with zero attached hydrogens (tertiary/aromatic N) is 3. The van der Waals surface area contributed by atoms with Gasteiger partial charge in [-0.25, -0.2) is 4.99 Å². The Hall–Kier alpha value is -3.06. The van der Waals surface area contributed by atoms with Gasteiger partial charge in [-0.15, -0.1) is 0 Å². The number of hydrogen-bond acceptors (Lipinski definition) is 4. The van der Waals surface area contributed by atoms with Gasteiger partial charge < -0.3 is 9.64 Å². The molecule has 4 heteroatoms. The summed E-state index contributed by atoms with van der Waals surface area (Å²) in [5.41, 5.74) is 3.73. The summed E-state index contributed by atoms with van der Waals surface area (Å²) in [7, 11) is 3.52. The van der Waals surface area contributed by atoms with Crippen molar-refractivity contribution in [3.63, 3.8) is 0 Å². The number of para-hydroxylation sites is 1. The van der Waals surface area contributed by atoms with Crippen molar-refractivity contribution in [1.82, 2.24) is 4.90 Å². The molecule has 0 fully saturated rings. The zero-order valence-corrected chi connectivity index (χ0v) is 14.7. The number of aliphatic imine (C=N–C) groups is 1. The molecule has 124 valence electrons. The summed E-state index contributed by atoms with van der Waals surface area (Å²) in [6.07, 6.45) is 5.50. The summed E-state index contributed by atoms with van der Waals surface area (Å²) in [4.78, 5) is 6.23. The van der Waals surface area contributed by atoms with Gasteiger partial charge in [-0.2, -0.15) is 5.26 Å². The van der Waals surface area contributed by atoms with Crippen molar-refractivity contribution in [3.05, 3.63) is 72.7 Å². The van der Waals surface area contributed by atoms with Crippen molar-refractivity contribution < 1.29 is 4.74 Å². The topological polar surface area (TPSA) is 48.6 Å². The number of allylic oxidation sites excluding steroid dienone is 3. The summed E-state index contributed by atoms with van der Waals surface area (Å²) >= 11 is 0. The molecule has 1 aromatic carbocycles. The predicted molar refractivity (Wildman–Crippen MR) is 101 cm³/mol. The number of benzene rings is 1. The second-order valence-electron chi connectivity index (χ2n) is 5.16. The number of rotatable bonds is 7. The van der Waals surface area contributed by atoms with Crippen molar-refractivity contribution in [2.45, 2.75) is 13.8 Å². The van der Waals surface area contributed by atoms with Crippen LogP contribution in [0.3, 0.4) is 0 Å². The zero-order valence-electron chi connectivity index (χ0n) is 14.7. The van der Waals surface area contributed by atoms with E-state index in [1.807, 2.05) is 61.5 Å². The van der Waals surface area contributed by atoms with Crippen molar-refractivity contribution in [3.8, 4) is 6.07 Å². The summed E-state index contributed by atoms with van der Waals surface area (Å²) < 4.78 is 5.23. The van der Waals surface area contributed by atoms with Crippen LogP contribution in [0.2, 0.25) is 0 Å². The van der Waals surface area contributed by atoms with E-state index >= 15 is 0 Å². The minimum Gasteiger partial charge on any atom is -0.497 e. The van der Waals surface area contributed by atoms with Crippen LogP contribution in [-0.4, -0.2) is 24.8 Å². The first-order valence-corrected chi connectivity index (χ1v) is 7.46. The highest BCUT2D eigenvalue weighted by molar-refractivity contribution is 5.98.